The first kappa shape index (κ1) is 20.8. The van der Waals surface area contributed by atoms with E-state index in [1.807, 2.05) is 35.2 Å². The van der Waals surface area contributed by atoms with Gasteiger partial charge in [0, 0.05) is 24.8 Å². The van der Waals surface area contributed by atoms with Gasteiger partial charge in [-0.2, -0.15) is 0 Å². The number of piperidine rings is 1. The highest BCUT2D eigenvalue weighted by molar-refractivity contribution is 6.08. The standard InChI is InChI=1S/C24H36N2O3/c1-18(2)19-8-10-20(11-9-19)25-14-12-24(13-15-25)23(16-27,17-28)22(29)26(24)21-6-4-3-5-7-21/h3-7,18-20,27-28H,8-17H2,1-2H3/t19-,20+. The van der Waals surface area contributed by atoms with Crippen molar-refractivity contribution in [2.24, 2.45) is 17.3 Å². The fraction of sp³-hybridized carbons (Fsp3) is 0.708. The van der Waals surface area contributed by atoms with Crippen LogP contribution < -0.4 is 4.90 Å². The van der Waals surface area contributed by atoms with E-state index in [1.54, 1.807) is 0 Å². The van der Waals surface area contributed by atoms with Gasteiger partial charge in [-0.25, -0.2) is 0 Å². The third-order valence-electron chi connectivity index (χ3n) is 8.31. The monoisotopic (exact) mass is 400 g/mol. The van der Waals surface area contributed by atoms with E-state index in [4.69, 9.17) is 0 Å². The Labute approximate surface area is 174 Å². The summed E-state index contributed by atoms with van der Waals surface area (Å²) in [5, 5.41) is 20.3. The average molecular weight is 401 g/mol. The molecular formula is C24H36N2O3. The SMILES string of the molecule is CC(C)[C@H]1CC[C@@H](N2CCC3(CC2)N(c2ccccc2)C(=O)C3(CO)CO)CC1. The average Bonchev–Trinajstić information content (AvgIpc) is 2.76. The Morgan fingerprint density at radius 2 is 1.59 bits per heavy atom. The molecule has 1 aliphatic carbocycles. The van der Waals surface area contributed by atoms with E-state index < -0.39 is 11.0 Å². The number of aliphatic hydroxyl groups excluding tert-OH is 2. The van der Waals surface area contributed by atoms with Crippen LogP contribution in [0.5, 0.6) is 0 Å². The van der Waals surface area contributed by atoms with Gasteiger partial charge in [0.1, 0.15) is 5.41 Å². The van der Waals surface area contributed by atoms with Crippen LogP contribution in [0.15, 0.2) is 30.3 Å². The summed E-state index contributed by atoms with van der Waals surface area (Å²) in [6.45, 7) is 5.96. The van der Waals surface area contributed by atoms with Gasteiger partial charge >= 0.3 is 0 Å². The molecule has 0 unspecified atom stereocenters. The van der Waals surface area contributed by atoms with E-state index in [-0.39, 0.29) is 19.1 Å². The number of carbonyl (C=O) groups is 1. The molecule has 160 valence electrons. The van der Waals surface area contributed by atoms with Gasteiger partial charge in [-0.15, -0.1) is 0 Å². The van der Waals surface area contributed by atoms with E-state index >= 15 is 0 Å². The van der Waals surface area contributed by atoms with E-state index in [0.717, 1.165) is 43.5 Å². The van der Waals surface area contributed by atoms with Gasteiger partial charge in [0.2, 0.25) is 5.91 Å². The Bertz CT molecular complexity index is 700. The minimum atomic E-state index is -1.05. The van der Waals surface area contributed by atoms with E-state index in [0.29, 0.717) is 6.04 Å². The summed E-state index contributed by atoms with van der Waals surface area (Å²) in [4.78, 5) is 17.6. The number of nitrogens with zero attached hydrogens (tertiary/aromatic N) is 2. The Balaban J connectivity index is 1.50. The van der Waals surface area contributed by atoms with Gasteiger partial charge in [-0.3, -0.25) is 4.79 Å². The molecule has 2 saturated heterocycles. The van der Waals surface area contributed by atoms with Crippen LogP contribution in [0.2, 0.25) is 0 Å². The predicted octanol–water partition coefficient (Wildman–Crippen LogP) is 3.05. The number of aliphatic hydroxyl groups is 2. The van der Waals surface area contributed by atoms with Crippen LogP contribution in [0, 0.1) is 17.3 Å². The quantitative estimate of drug-likeness (QED) is 0.746. The van der Waals surface area contributed by atoms with E-state index in [2.05, 4.69) is 18.7 Å². The molecule has 3 aliphatic rings. The Morgan fingerprint density at radius 3 is 2.10 bits per heavy atom. The number of β-lactam (4-membered cyclic amide) rings is 1. The van der Waals surface area contributed by atoms with Crippen LogP contribution in [0.3, 0.4) is 0 Å². The van der Waals surface area contributed by atoms with Crippen LogP contribution >= 0.6 is 0 Å². The van der Waals surface area contributed by atoms with Gasteiger partial charge in [-0.1, -0.05) is 32.0 Å². The zero-order valence-corrected chi connectivity index (χ0v) is 17.9. The van der Waals surface area contributed by atoms with Crippen molar-refractivity contribution in [3.63, 3.8) is 0 Å². The van der Waals surface area contributed by atoms with E-state index in [9.17, 15) is 15.0 Å². The lowest BCUT2D eigenvalue weighted by atomic mass is 9.56. The van der Waals surface area contributed by atoms with Gasteiger partial charge in [-0.05, 0) is 62.5 Å². The van der Waals surface area contributed by atoms with Crippen molar-refractivity contribution in [1.29, 1.82) is 0 Å². The molecule has 0 bridgehead atoms. The maximum Gasteiger partial charge on any atom is 0.240 e. The summed E-state index contributed by atoms with van der Waals surface area (Å²) in [6.07, 6.45) is 6.77. The van der Waals surface area contributed by atoms with Gasteiger partial charge < -0.3 is 20.0 Å². The number of benzene rings is 1. The first-order valence-corrected chi connectivity index (χ1v) is 11.3. The number of rotatable bonds is 5. The number of carbonyl (C=O) groups excluding carboxylic acids is 1. The van der Waals surface area contributed by atoms with Gasteiger partial charge in [0.15, 0.2) is 0 Å². The first-order valence-electron chi connectivity index (χ1n) is 11.3. The zero-order chi connectivity index (χ0) is 20.6. The van der Waals surface area contributed by atoms with Crippen molar-refractivity contribution in [1.82, 2.24) is 4.90 Å². The molecule has 4 rings (SSSR count). The van der Waals surface area contributed by atoms with Crippen molar-refractivity contribution in [2.75, 3.05) is 31.2 Å². The molecule has 1 aromatic rings. The summed E-state index contributed by atoms with van der Waals surface area (Å²) in [5.74, 6) is 1.49. The third-order valence-corrected chi connectivity index (χ3v) is 8.31. The fourth-order valence-electron chi connectivity index (χ4n) is 6.28. The minimum absolute atomic E-state index is 0.139. The fourth-order valence-corrected chi connectivity index (χ4v) is 6.28. The molecule has 1 aromatic carbocycles. The largest absolute Gasteiger partial charge is 0.395 e. The highest BCUT2D eigenvalue weighted by atomic mass is 16.3. The normalized spacial score (nSPS) is 29.3. The van der Waals surface area contributed by atoms with Crippen molar-refractivity contribution >= 4 is 11.6 Å². The minimum Gasteiger partial charge on any atom is -0.395 e. The van der Waals surface area contributed by atoms with Crippen LogP contribution in [-0.2, 0) is 4.79 Å². The Morgan fingerprint density at radius 1 is 1.00 bits per heavy atom. The number of hydrogen-bond acceptors (Lipinski definition) is 4. The van der Waals surface area contributed by atoms with Crippen molar-refractivity contribution in [3.8, 4) is 0 Å². The summed E-state index contributed by atoms with van der Waals surface area (Å²) in [6, 6.07) is 10.4. The number of likely N-dealkylation sites (tertiary alicyclic amines) is 1. The molecule has 29 heavy (non-hydrogen) atoms. The second kappa shape index (κ2) is 8.01. The lowest BCUT2D eigenvalue weighted by Crippen LogP contribution is -2.83. The summed E-state index contributed by atoms with van der Waals surface area (Å²) in [7, 11) is 0. The Hall–Kier alpha value is -1.43. The van der Waals surface area contributed by atoms with Crippen LogP contribution in [0.1, 0.15) is 52.4 Å². The molecule has 2 N–H and O–H groups in total. The second-order valence-corrected chi connectivity index (χ2v) is 9.75. The molecule has 3 fully saturated rings. The molecule has 1 spiro atoms. The topological polar surface area (TPSA) is 64.0 Å². The summed E-state index contributed by atoms with van der Waals surface area (Å²) in [5.41, 5.74) is -0.661. The number of anilines is 1. The first-order chi connectivity index (χ1) is 14.0. The zero-order valence-electron chi connectivity index (χ0n) is 17.9. The third kappa shape index (κ3) is 3.13. The molecule has 5 heteroatoms. The molecule has 0 aromatic heterocycles. The van der Waals surface area contributed by atoms with Crippen molar-refractivity contribution in [2.45, 2.75) is 64.0 Å². The molecule has 5 nitrogen and oxygen atoms in total. The molecule has 2 heterocycles. The number of para-hydroxylation sites is 1. The van der Waals surface area contributed by atoms with Crippen LogP contribution in [0.4, 0.5) is 5.69 Å². The lowest BCUT2D eigenvalue weighted by molar-refractivity contribution is -0.164. The summed E-state index contributed by atoms with van der Waals surface area (Å²) >= 11 is 0. The highest BCUT2D eigenvalue weighted by Crippen LogP contribution is 2.56. The van der Waals surface area contributed by atoms with Crippen molar-refractivity contribution in [3.05, 3.63) is 30.3 Å². The van der Waals surface area contributed by atoms with E-state index in [1.165, 1.54) is 25.7 Å². The van der Waals surface area contributed by atoms with Gasteiger partial charge in [0.05, 0.1) is 18.8 Å². The molecule has 1 amide bonds. The Kier molecular flexibility index (Phi) is 5.75. The van der Waals surface area contributed by atoms with Crippen LogP contribution in [-0.4, -0.2) is 58.9 Å². The van der Waals surface area contributed by atoms with Gasteiger partial charge in [0.25, 0.3) is 0 Å². The molecule has 2 aliphatic heterocycles. The van der Waals surface area contributed by atoms with Crippen molar-refractivity contribution < 1.29 is 15.0 Å². The highest BCUT2D eigenvalue weighted by Gasteiger charge is 2.71. The van der Waals surface area contributed by atoms with Crippen LogP contribution in [0.25, 0.3) is 0 Å². The second-order valence-electron chi connectivity index (χ2n) is 9.75. The maximum atomic E-state index is 13.1. The maximum absolute atomic E-state index is 13.1. The number of amides is 1. The lowest BCUT2D eigenvalue weighted by Gasteiger charge is -2.66. The smallest absolute Gasteiger partial charge is 0.240 e. The number of hydrogen-bond donors (Lipinski definition) is 2. The predicted molar refractivity (Wildman–Crippen MR) is 115 cm³/mol. The molecule has 0 radical (unpaired) electrons. The molecular weight excluding hydrogens is 364 g/mol. The molecule has 1 saturated carbocycles. The summed E-state index contributed by atoms with van der Waals surface area (Å²) < 4.78 is 0. The molecule has 0 atom stereocenters.